The Morgan fingerprint density at radius 3 is 3.10 bits per heavy atom. The molecule has 2 rings (SSSR count). The highest BCUT2D eigenvalue weighted by Gasteiger charge is 2.20. The number of piperidine rings is 1. The van der Waals surface area contributed by atoms with E-state index < -0.39 is 5.82 Å². The zero-order chi connectivity index (χ0) is 14.4. The molecule has 1 saturated heterocycles. The van der Waals surface area contributed by atoms with Crippen molar-refractivity contribution in [3.63, 3.8) is 0 Å². The third-order valence-electron chi connectivity index (χ3n) is 3.46. The second-order valence-electron chi connectivity index (χ2n) is 5.02. The molecule has 0 saturated carbocycles. The van der Waals surface area contributed by atoms with Crippen LogP contribution < -0.4 is 0 Å². The van der Waals surface area contributed by atoms with Gasteiger partial charge in [-0.05, 0) is 37.1 Å². The van der Waals surface area contributed by atoms with Gasteiger partial charge < -0.3 is 9.84 Å². The van der Waals surface area contributed by atoms with Gasteiger partial charge in [0.15, 0.2) is 0 Å². The van der Waals surface area contributed by atoms with E-state index in [0.717, 1.165) is 31.5 Å². The molecule has 4 nitrogen and oxygen atoms in total. The molecule has 1 unspecified atom stereocenters. The lowest BCUT2D eigenvalue weighted by Gasteiger charge is -2.32. The van der Waals surface area contributed by atoms with E-state index in [1.54, 1.807) is 12.1 Å². The molecule has 0 amide bonds. The number of aliphatic hydroxyl groups is 1. The summed E-state index contributed by atoms with van der Waals surface area (Å²) in [6.45, 7) is 2.87. The summed E-state index contributed by atoms with van der Waals surface area (Å²) in [5.74, 6) is -0.473. The first-order chi connectivity index (χ1) is 9.72. The zero-order valence-electron chi connectivity index (χ0n) is 11.4. The van der Waals surface area contributed by atoms with Crippen LogP contribution in [0.2, 0.25) is 0 Å². The van der Waals surface area contributed by atoms with E-state index in [1.807, 2.05) is 6.07 Å². The molecular formula is C15H19FN2O2. The molecule has 1 heterocycles. The van der Waals surface area contributed by atoms with Crippen LogP contribution in [0.15, 0.2) is 18.2 Å². The normalized spacial score (nSPS) is 19.8. The van der Waals surface area contributed by atoms with Crippen LogP contribution in [0.5, 0.6) is 0 Å². The predicted octanol–water partition coefficient (Wildman–Crippen LogP) is 1.67. The summed E-state index contributed by atoms with van der Waals surface area (Å²) < 4.78 is 18.8. The van der Waals surface area contributed by atoms with Crippen LogP contribution in [-0.2, 0) is 11.3 Å². The number of nitriles is 1. The average molecular weight is 278 g/mol. The molecule has 20 heavy (non-hydrogen) atoms. The minimum absolute atomic E-state index is 0.0417. The molecule has 1 aromatic rings. The molecule has 108 valence electrons. The van der Waals surface area contributed by atoms with Gasteiger partial charge in [0, 0.05) is 13.1 Å². The minimum atomic E-state index is -0.473. The van der Waals surface area contributed by atoms with E-state index in [1.165, 1.54) is 6.07 Å². The Bertz CT molecular complexity index is 487. The topological polar surface area (TPSA) is 56.5 Å². The highest BCUT2D eigenvalue weighted by Crippen LogP contribution is 2.17. The van der Waals surface area contributed by atoms with Crippen molar-refractivity contribution < 1.29 is 14.2 Å². The Morgan fingerprint density at radius 1 is 1.50 bits per heavy atom. The molecule has 1 N–H and O–H groups in total. The molecule has 1 atom stereocenters. The number of ether oxygens (including phenoxy) is 1. The van der Waals surface area contributed by atoms with Crippen molar-refractivity contribution >= 4 is 0 Å². The fourth-order valence-corrected chi connectivity index (χ4v) is 2.53. The fraction of sp³-hybridized carbons (Fsp3) is 0.533. The van der Waals surface area contributed by atoms with Gasteiger partial charge in [-0.3, -0.25) is 4.90 Å². The van der Waals surface area contributed by atoms with Gasteiger partial charge in [0.05, 0.1) is 24.9 Å². The van der Waals surface area contributed by atoms with Crippen molar-refractivity contribution in [1.29, 1.82) is 5.26 Å². The van der Waals surface area contributed by atoms with E-state index in [-0.39, 0.29) is 18.3 Å². The van der Waals surface area contributed by atoms with Gasteiger partial charge in [-0.25, -0.2) is 4.39 Å². The van der Waals surface area contributed by atoms with E-state index in [4.69, 9.17) is 15.1 Å². The van der Waals surface area contributed by atoms with Gasteiger partial charge in [-0.2, -0.15) is 5.26 Å². The van der Waals surface area contributed by atoms with Gasteiger partial charge in [-0.15, -0.1) is 0 Å². The number of benzene rings is 1. The van der Waals surface area contributed by atoms with Crippen LogP contribution in [0, 0.1) is 17.1 Å². The third kappa shape index (κ3) is 4.01. The smallest absolute Gasteiger partial charge is 0.140 e. The third-order valence-corrected chi connectivity index (χ3v) is 3.46. The Kier molecular flexibility index (Phi) is 5.48. The number of aliphatic hydroxyl groups excluding tert-OH is 1. The molecule has 0 aliphatic carbocycles. The molecule has 1 aliphatic heterocycles. The van der Waals surface area contributed by atoms with Crippen molar-refractivity contribution in [2.75, 3.05) is 26.3 Å². The maximum atomic E-state index is 13.3. The number of hydrogen-bond donors (Lipinski definition) is 1. The Hall–Kier alpha value is -1.48. The Balaban J connectivity index is 1.94. The standard InChI is InChI=1S/C15H19FN2O2/c16-15-4-3-12(8-13(15)9-17)10-18-5-1-2-14(11-18)20-7-6-19/h3-4,8,14,19H,1-2,5-7,10-11H2. The van der Waals surface area contributed by atoms with Crippen molar-refractivity contribution in [3.8, 4) is 6.07 Å². The summed E-state index contributed by atoms with van der Waals surface area (Å²) in [5, 5.41) is 17.6. The maximum Gasteiger partial charge on any atom is 0.140 e. The molecule has 1 aliphatic rings. The maximum absolute atomic E-state index is 13.3. The molecule has 1 aromatic carbocycles. The highest BCUT2D eigenvalue weighted by atomic mass is 19.1. The number of halogens is 1. The molecule has 0 radical (unpaired) electrons. The summed E-state index contributed by atoms with van der Waals surface area (Å²) in [6, 6.07) is 6.53. The number of likely N-dealkylation sites (tertiary alicyclic amines) is 1. The average Bonchev–Trinajstić information content (AvgIpc) is 2.47. The lowest BCUT2D eigenvalue weighted by molar-refractivity contribution is -0.0163. The quantitative estimate of drug-likeness (QED) is 0.890. The number of rotatable bonds is 5. The van der Waals surface area contributed by atoms with E-state index in [0.29, 0.717) is 13.2 Å². The fourth-order valence-electron chi connectivity index (χ4n) is 2.53. The lowest BCUT2D eigenvalue weighted by Crippen LogP contribution is -2.39. The van der Waals surface area contributed by atoms with Crippen molar-refractivity contribution in [3.05, 3.63) is 35.1 Å². The van der Waals surface area contributed by atoms with Crippen molar-refractivity contribution in [2.24, 2.45) is 0 Å². The van der Waals surface area contributed by atoms with Gasteiger partial charge in [0.1, 0.15) is 11.9 Å². The van der Waals surface area contributed by atoms with E-state index in [2.05, 4.69) is 4.90 Å². The van der Waals surface area contributed by atoms with Crippen LogP contribution in [0.4, 0.5) is 4.39 Å². The molecule has 0 aromatic heterocycles. The SMILES string of the molecule is N#Cc1cc(CN2CCCC(OCCO)C2)ccc1F. The first-order valence-electron chi connectivity index (χ1n) is 6.86. The first-order valence-corrected chi connectivity index (χ1v) is 6.86. The molecule has 1 fully saturated rings. The summed E-state index contributed by atoms with van der Waals surface area (Å²) in [6.07, 6.45) is 2.19. The predicted molar refractivity (Wildman–Crippen MR) is 72.5 cm³/mol. The van der Waals surface area contributed by atoms with E-state index in [9.17, 15) is 4.39 Å². The van der Waals surface area contributed by atoms with Gasteiger partial charge in [0.2, 0.25) is 0 Å². The van der Waals surface area contributed by atoms with Gasteiger partial charge >= 0.3 is 0 Å². The van der Waals surface area contributed by atoms with E-state index >= 15 is 0 Å². The second-order valence-corrected chi connectivity index (χ2v) is 5.02. The molecular weight excluding hydrogens is 259 g/mol. The van der Waals surface area contributed by atoms with Gasteiger partial charge in [-0.1, -0.05) is 6.07 Å². The summed E-state index contributed by atoms with van der Waals surface area (Å²) >= 11 is 0. The molecule has 0 bridgehead atoms. The Morgan fingerprint density at radius 2 is 2.35 bits per heavy atom. The minimum Gasteiger partial charge on any atom is -0.394 e. The van der Waals surface area contributed by atoms with Crippen LogP contribution in [0.1, 0.15) is 24.0 Å². The highest BCUT2D eigenvalue weighted by molar-refractivity contribution is 5.34. The van der Waals surface area contributed by atoms with Gasteiger partial charge in [0.25, 0.3) is 0 Å². The van der Waals surface area contributed by atoms with Crippen molar-refractivity contribution in [2.45, 2.75) is 25.5 Å². The summed E-state index contributed by atoms with van der Waals surface area (Å²) in [7, 11) is 0. The zero-order valence-corrected chi connectivity index (χ0v) is 11.4. The van der Waals surface area contributed by atoms with Crippen LogP contribution in [0.25, 0.3) is 0 Å². The Labute approximate surface area is 118 Å². The summed E-state index contributed by atoms with van der Waals surface area (Å²) in [4.78, 5) is 2.24. The molecule has 0 spiro atoms. The van der Waals surface area contributed by atoms with Crippen LogP contribution in [0.3, 0.4) is 0 Å². The number of nitrogens with zero attached hydrogens (tertiary/aromatic N) is 2. The largest absolute Gasteiger partial charge is 0.394 e. The van der Waals surface area contributed by atoms with Crippen molar-refractivity contribution in [1.82, 2.24) is 4.90 Å². The second kappa shape index (κ2) is 7.34. The lowest BCUT2D eigenvalue weighted by atomic mass is 10.1. The number of hydrogen-bond acceptors (Lipinski definition) is 4. The van der Waals surface area contributed by atoms with Crippen LogP contribution in [-0.4, -0.2) is 42.4 Å². The summed E-state index contributed by atoms with van der Waals surface area (Å²) in [5.41, 5.74) is 1.03. The first kappa shape index (κ1) is 14.9. The monoisotopic (exact) mass is 278 g/mol. The molecule has 5 heteroatoms. The van der Waals surface area contributed by atoms with Crippen LogP contribution >= 0.6 is 0 Å².